The fraction of sp³-hybridized carbons (Fsp3) is 0.143. The number of carboxylic acid groups (broad SMARTS) is 1. The monoisotopic (exact) mass is 482 g/mol. The zero-order valence-corrected chi connectivity index (χ0v) is 20.5. The van der Waals surface area contributed by atoms with Crippen LogP contribution in [0.5, 0.6) is 5.75 Å². The van der Waals surface area contributed by atoms with Gasteiger partial charge in [0.2, 0.25) is 11.4 Å². The van der Waals surface area contributed by atoms with E-state index >= 15 is 0 Å². The van der Waals surface area contributed by atoms with Crippen LogP contribution in [0.4, 0.5) is 5.69 Å². The molecule has 0 N–H and O–H groups in total. The number of rotatable bonds is 4. The van der Waals surface area contributed by atoms with Gasteiger partial charge in [0.25, 0.3) is 5.56 Å². The molecule has 4 aromatic rings. The number of aliphatic carboxylic acids is 1. The highest BCUT2D eigenvalue weighted by Crippen LogP contribution is 2.28. The van der Waals surface area contributed by atoms with E-state index in [0.29, 0.717) is 5.69 Å². The summed E-state index contributed by atoms with van der Waals surface area (Å²) in [4.78, 5) is 27.0. The van der Waals surface area contributed by atoms with Gasteiger partial charge in [-0.3, -0.25) is 9.48 Å². The number of aryl methyl sites for hydroxylation is 1. The van der Waals surface area contributed by atoms with Crippen molar-refractivity contribution in [2.45, 2.75) is 13.8 Å². The van der Waals surface area contributed by atoms with Gasteiger partial charge in [0.15, 0.2) is 6.20 Å². The summed E-state index contributed by atoms with van der Waals surface area (Å²) in [5.41, 5.74) is 5.90. The van der Waals surface area contributed by atoms with Gasteiger partial charge in [-0.05, 0) is 56.3 Å². The van der Waals surface area contributed by atoms with Crippen LogP contribution in [-0.4, -0.2) is 28.2 Å². The van der Waals surface area contributed by atoms with Crippen molar-refractivity contribution in [3.63, 3.8) is 0 Å². The number of ether oxygens (including phenoxy) is 1. The van der Waals surface area contributed by atoms with Crippen molar-refractivity contribution in [3.8, 4) is 11.4 Å². The maximum Gasteiger partial charge on any atom is 0.297 e. The molecule has 0 saturated carbocycles. The first-order valence-electron chi connectivity index (χ1n) is 11.3. The van der Waals surface area contributed by atoms with Gasteiger partial charge in [-0.1, -0.05) is 18.2 Å². The number of benzene rings is 2. The Bertz CT molecular complexity index is 1520. The Morgan fingerprint density at radius 1 is 1.00 bits per heavy atom. The molecule has 0 unspecified atom stereocenters. The Labute approximate surface area is 208 Å². The van der Waals surface area contributed by atoms with Crippen molar-refractivity contribution in [2.75, 3.05) is 7.11 Å². The van der Waals surface area contributed by atoms with Crippen molar-refractivity contribution in [1.29, 1.82) is 0 Å². The Kier molecular flexibility index (Phi) is 6.96. The highest BCUT2D eigenvalue weighted by atomic mass is 16.5. The lowest BCUT2D eigenvalue weighted by Gasteiger charge is -2.05. The average molecular weight is 483 g/mol. The average Bonchev–Trinajstić information content (AvgIpc) is 3.31. The number of methoxy groups -OCH3 is 1. The van der Waals surface area contributed by atoms with Gasteiger partial charge >= 0.3 is 0 Å². The number of pyridine rings is 1. The van der Waals surface area contributed by atoms with E-state index in [1.165, 1.54) is 0 Å². The van der Waals surface area contributed by atoms with E-state index in [1.54, 1.807) is 22.7 Å². The highest BCUT2D eigenvalue weighted by molar-refractivity contribution is 6.16. The molecule has 0 bridgehead atoms. The predicted octanol–water partition coefficient (Wildman–Crippen LogP) is 2.64. The van der Waals surface area contributed by atoms with Crippen molar-refractivity contribution >= 4 is 23.1 Å². The molecule has 36 heavy (non-hydrogen) atoms. The molecule has 0 fully saturated rings. The SMILES string of the molecule is CC(=O)[O-].COc1ccc(C2=C(C)C(=Nc3cn(C)n(-c4ccccc4)c3=O)c3cccc[n+]32)cc1. The number of hydrogen-bond donors (Lipinski definition) is 0. The summed E-state index contributed by atoms with van der Waals surface area (Å²) >= 11 is 0. The summed E-state index contributed by atoms with van der Waals surface area (Å²) in [7, 11) is 3.51. The van der Waals surface area contributed by atoms with E-state index in [4.69, 9.17) is 19.6 Å². The number of nitrogens with zero attached hydrogens (tertiary/aromatic N) is 4. The van der Waals surface area contributed by atoms with Crippen molar-refractivity contribution in [1.82, 2.24) is 9.36 Å². The topological polar surface area (TPSA) is 92.5 Å². The largest absolute Gasteiger partial charge is 0.550 e. The maximum atomic E-state index is 13.2. The summed E-state index contributed by atoms with van der Waals surface area (Å²) < 4.78 is 10.8. The van der Waals surface area contributed by atoms with E-state index in [2.05, 4.69) is 4.57 Å². The fourth-order valence-corrected chi connectivity index (χ4v) is 4.17. The number of aromatic nitrogens is 3. The van der Waals surface area contributed by atoms with Crippen LogP contribution in [0.1, 0.15) is 25.1 Å². The number of carboxylic acids is 1. The summed E-state index contributed by atoms with van der Waals surface area (Å²) in [6.07, 6.45) is 3.79. The molecule has 2 aromatic carbocycles. The van der Waals surface area contributed by atoms with Gasteiger partial charge in [-0.2, -0.15) is 4.57 Å². The van der Waals surface area contributed by atoms with Crippen LogP contribution in [0.15, 0.2) is 101 Å². The van der Waals surface area contributed by atoms with E-state index in [0.717, 1.165) is 46.6 Å². The van der Waals surface area contributed by atoms with Gasteiger partial charge in [-0.25, -0.2) is 9.67 Å². The third-order valence-electron chi connectivity index (χ3n) is 5.69. The van der Waals surface area contributed by atoms with Gasteiger partial charge < -0.3 is 14.6 Å². The molecule has 0 radical (unpaired) electrons. The van der Waals surface area contributed by atoms with Crippen molar-refractivity contribution in [3.05, 3.63) is 112 Å². The fourth-order valence-electron chi connectivity index (χ4n) is 4.17. The van der Waals surface area contributed by atoms with Crippen LogP contribution in [0.25, 0.3) is 11.4 Å². The Hall–Kier alpha value is -4.72. The second-order valence-corrected chi connectivity index (χ2v) is 8.15. The molecule has 0 amide bonds. The first-order chi connectivity index (χ1) is 17.3. The van der Waals surface area contributed by atoms with Crippen LogP contribution in [0.3, 0.4) is 0 Å². The van der Waals surface area contributed by atoms with Crippen LogP contribution < -0.4 is 20.0 Å². The molecule has 0 atom stereocenters. The van der Waals surface area contributed by atoms with Crippen molar-refractivity contribution < 1.29 is 19.2 Å². The maximum absolute atomic E-state index is 13.2. The number of hydrogen-bond acceptors (Lipinski definition) is 5. The molecular formula is C28H26N4O4. The molecular weight excluding hydrogens is 456 g/mol. The second-order valence-electron chi connectivity index (χ2n) is 8.15. The third kappa shape index (κ3) is 4.74. The van der Waals surface area contributed by atoms with Crippen molar-refractivity contribution in [2.24, 2.45) is 12.0 Å². The van der Waals surface area contributed by atoms with E-state index in [1.807, 2.05) is 93.0 Å². The molecule has 2 aromatic heterocycles. The van der Waals surface area contributed by atoms with Gasteiger partial charge in [0, 0.05) is 30.7 Å². The lowest BCUT2D eigenvalue weighted by atomic mass is 10.1. The molecule has 3 heterocycles. The summed E-state index contributed by atoms with van der Waals surface area (Å²) in [5, 5.41) is 8.89. The number of carbonyl (C=O) groups is 1. The lowest BCUT2D eigenvalue weighted by molar-refractivity contribution is -0.577. The lowest BCUT2D eigenvalue weighted by Crippen LogP contribution is -2.34. The molecule has 1 aliphatic heterocycles. The van der Waals surface area contributed by atoms with Crippen LogP contribution >= 0.6 is 0 Å². The normalized spacial score (nSPS) is 13.3. The first-order valence-corrected chi connectivity index (χ1v) is 11.3. The molecule has 0 spiro atoms. The molecule has 0 saturated heterocycles. The quantitative estimate of drug-likeness (QED) is 0.418. The van der Waals surface area contributed by atoms with Crippen LogP contribution in [0.2, 0.25) is 0 Å². The number of aliphatic imine (C=N–C) groups is 1. The zero-order valence-electron chi connectivity index (χ0n) is 20.5. The minimum absolute atomic E-state index is 0.153. The number of para-hydroxylation sites is 1. The Morgan fingerprint density at radius 2 is 1.64 bits per heavy atom. The Morgan fingerprint density at radius 3 is 2.28 bits per heavy atom. The minimum atomic E-state index is -1.08. The molecule has 182 valence electrons. The van der Waals surface area contributed by atoms with E-state index < -0.39 is 5.97 Å². The zero-order chi connectivity index (χ0) is 25.8. The highest BCUT2D eigenvalue weighted by Gasteiger charge is 2.35. The molecule has 1 aliphatic rings. The first kappa shape index (κ1) is 24.4. The van der Waals surface area contributed by atoms with E-state index in [9.17, 15) is 4.79 Å². The molecule has 8 heteroatoms. The predicted molar refractivity (Wildman–Crippen MR) is 136 cm³/mol. The Balaban J connectivity index is 0.000000709. The van der Waals surface area contributed by atoms with Crippen LogP contribution in [-0.2, 0) is 11.8 Å². The van der Waals surface area contributed by atoms with Crippen LogP contribution in [0, 0.1) is 0 Å². The number of allylic oxidation sites excluding steroid dienone is 1. The summed E-state index contributed by atoms with van der Waals surface area (Å²) in [5.74, 6) is -0.275. The third-order valence-corrected chi connectivity index (χ3v) is 5.69. The summed E-state index contributed by atoms with van der Waals surface area (Å²) in [6.45, 7) is 3.02. The van der Waals surface area contributed by atoms with Gasteiger partial charge in [0.1, 0.15) is 17.1 Å². The molecule has 5 rings (SSSR count). The smallest absolute Gasteiger partial charge is 0.297 e. The van der Waals surface area contributed by atoms with E-state index in [-0.39, 0.29) is 5.56 Å². The number of carbonyl (C=O) groups excluding carboxylic acids is 1. The van der Waals surface area contributed by atoms with Gasteiger partial charge in [-0.15, -0.1) is 0 Å². The second kappa shape index (κ2) is 10.3. The summed E-state index contributed by atoms with van der Waals surface area (Å²) in [6, 6.07) is 23.6. The van der Waals surface area contributed by atoms with Gasteiger partial charge in [0.05, 0.1) is 24.6 Å². The number of fused-ring (bicyclic) bond motifs is 1. The standard InChI is InChI=1S/C26H23N4O2.C2H4O2/c1-18-24(27-22-17-28(2)30(26(22)31)20-9-5-4-6-10-20)23-11-7-8-16-29(23)25(18)19-12-14-21(32-3)15-13-19;1-2(3)4/h4-17H,1-3H3;1H3,(H,3,4)/q+1;/p-1. The minimum Gasteiger partial charge on any atom is -0.550 e. The molecule has 0 aliphatic carbocycles. The molecule has 8 nitrogen and oxygen atoms in total.